The third kappa shape index (κ3) is 5.45. The van der Waals surface area contributed by atoms with Crippen LogP contribution in [-0.2, 0) is 39.1 Å². The summed E-state index contributed by atoms with van der Waals surface area (Å²) in [6.45, 7) is 6.79. The summed E-state index contributed by atoms with van der Waals surface area (Å²) in [5.41, 5.74) is 0.473. The van der Waals surface area contributed by atoms with Gasteiger partial charge in [-0.3, -0.25) is 9.59 Å². The van der Waals surface area contributed by atoms with Gasteiger partial charge in [0.2, 0.25) is 20.0 Å². The molecule has 4 rings (SSSR count). The summed E-state index contributed by atoms with van der Waals surface area (Å²) < 4.78 is 66.5. The molecule has 0 saturated carbocycles. The predicted octanol–water partition coefficient (Wildman–Crippen LogP) is 3.39. The van der Waals surface area contributed by atoms with Crippen LogP contribution in [0.25, 0.3) is 10.9 Å². The number of sulfonamides is 1. The van der Waals surface area contributed by atoms with Crippen molar-refractivity contribution in [3.05, 3.63) is 65.9 Å². The summed E-state index contributed by atoms with van der Waals surface area (Å²) in [4.78, 5) is 26.5. The molecular weight excluding hydrogens is 544 g/mol. The Kier molecular flexibility index (Phi) is 7.43. The third-order valence-electron chi connectivity index (χ3n) is 6.60. The first-order chi connectivity index (χ1) is 18.1. The number of carbonyl (C=O) groups excluding carboxylic acids is 2. The smallest absolute Gasteiger partial charge is 0.325 e. The van der Waals surface area contributed by atoms with Gasteiger partial charge in [-0.05, 0) is 57.9 Å². The van der Waals surface area contributed by atoms with Crippen LogP contribution in [0.4, 0.5) is 0 Å². The lowest BCUT2D eigenvalue weighted by Gasteiger charge is -2.31. The minimum Gasteiger partial charge on any atom is -0.469 e. The molecule has 3 atom stereocenters. The minimum atomic E-state index is -4.41. The molecule has 0 spiro atoms. The fourth-order valence-corrected chi connectivity index (χ4v) is 7.59. The molecule has 0 unspecified atom stereocenters. The molecule has 12 heteroatoms. The molecule has 0 radical (unpaired) electrons. The van der Waals surface area contributed by atoms with Crippen LogP contribution in [-0.4, -0.2) is 62.1 Å². The highest BCUT2D eigenvalue weighted by atomic mass is 32.2. The van der Waals surface area contributed by atoms with Gasteiger partial charge < -0.3 is 9.47 Å². The summed E-state index contributed by atoms with van der Waals surface area (Å²) >= 11 is 0. The summed E-state index contributed by atoms with van der Waals surface area (Å²) in [5, 5.41) is 0.427. The normalized spacial score (nSPS) is 20.7. The fraction of sp³-hybridized carbons (Fsp3) is 0.407. The van der Waals surface area contributed by atoms with E-state index >= 15 is 0 Å². The number of ether oxygens (including phenoxy) is 2. The lowest BCUT2D eigenvalue weighted by atomic mass is 9.93. The van der Waals surface area contributed by atoms with Gasteiger partial charge in [-0.25, -0.2) is 20.8 Å². The Morgan fingerprint density at radius 1 is 0.949 bits per heavy atom. The van der Waals surface area contributed by atoms with Crippen LogP contribution >= 0.6 is 0 Å². The quantitative estimate of drug-likeness (QED) is 0.409. The summed E-state index contributed by atoms with van der Waals surface area (Å²) in [6.07, 6.45) is 2.13. The van der Waals surface area contributed by atoms with Crippen molar-refractivity contribution in [3.8, 4) is 0 Å². The van der Waals surface area contributed by atoms with Crippen LogP contribution in [0.1, 0.15) is 44.4 Å². The van der Waals surface area contributed by atoms with Crippen molar-refractivity contribution >= 4 is 42.9 Å². The standard InChI is InChI=1S/C27H32N2O8S2/c1-17-11-13-18(14-12-17)39(34,35)29-23(26(31)37-27(2,3)4)15-20(25(30)36-5)24(29)21-16-28(38(6,32)33)22-10-8-7-9-19(21)22/h7-14,16,20,23-24H,15H2,1-6H3/t20-,23-,24+/m0/s1. The van der Waals surface area contributed by atoms with Crippen molar-refractivity contribution in [2.45, 2.75) is 56.7 Å². The molecule has 0 amide bonds. The number of methoxy groups -OCH3 is 1. The van der Waals surface area contributed by atoms with Crippen LogP contribution in [0.5, 0.6) is 0 Å². The van der Waals surface area contributed by atoms with Crippen molar-refractivity contribution in [2.24, 2.45) is 5.92 Å². The first kappa shape index (κ1) is 28.8. The van der Waals surface area contributed by atoms with Gasteiger partial charge in [0.25, 0.3) is 0 Å². The molecule has 1 aromatic heterocycles. The van der Waals surface area contributed by atoms with E-state index in [0.717, 1.165) is 20.1 Å². The maximum absolute atomic E-state index is 14.2. The molecule has 0 bridgehead atoms. The lowest BCUT2D eigenvalue weighted by Crippen LogP contribution is -2.44. The van der Waals surface area contributed by atoms with E-state index in [1.807, 2.05) is 6.92 Å². The van der Waals surface area contributed by atoms with E-state index in [0.29, 0.717) is 10.9 Å². The number of para-hydroxylation sites is 1. The monoisotopic (exact) mass is 576 g/mol. The molecule has 1 aliphatic heterocycles. The Labute approximate surface area is 228 Å². The van der Waals surface area contributed by atoms with Crippen LogP contribution in [0.15, 0.2) is 59.6 Å². The topological polar surface area (TPSA) is 129 Å². The van der Waals surface area contributed by atoms with Gasteiger partial charge in [-0.2, -0.15) is 4.31 Å². The number of hydrogen-bond acceptors (Lipinski definition) is 8. The average Bonchev–Trinajstić information content (AvgIpc) is 3.42. The zero-order chi connectivity index (χ0) is 28.9. The van der Waals surface area contributed by atoms with Crippen molar-refractivity contribution in [1.29, 1.82) is 0 Å². The highest BCUT2D eigenvalue weighted by Crippen LogP contribution is 2.48. The molecule has 2 heterocycles. The Hall–Kier alpha value is -3.22. The van der Waals surface area contributed by atoms with E-state index in [4.69, 9.17) is 9.47 Å². The van der Waals surface area contributed by atoms with E-state index in [2.05, 4.69) is 0 Å². The Morgan fingerprint density at radius 2 is 1.56 bits per heavy atom. The lowest BCUT2D eigenvalue weighted by molar-refractivity contribution is -0.159. The molecule has 2 aromatic carbocycles. The first-order valence-electron chi connectivity index (χ1n) is 12.3. The number of esters is 2. The molecule has 1 aliphatic rings. The maximum atomic E-state index is 14.2. The second-order valence-corrected chi connectivity index (χ2v) is 14.4. The van der Waals surface area contributed by atoms with Crippen LogP contribution in [0, 0.1) is 12.8 Å². The second kappa shape index (κ2) is 10.1. The van der Waals surface area contributed by atoms with Gasteiger partial charge in [0.05, 0.1) is 35.7 Å². The van der Waals surface area contributed by atoms with Gasteiger partial charge in [0.1, 0.15) is 11.6 Å². The summed E-state index contributed by atoms with van der Waals surface area (Å²) in [5.74, 6) is -2.67. The number of hydrogen-bond donors (Lipinski definition) is 0. The zero-order valence-electron chi connectivity index (χ0n) is 22.6. The van der Waals surface area contributed by atoms with Crippen LogP contribution < -0.4 is 0 Å². The molecule has 1 saturated heterocycles. The van der Waals surface area contributed by atoms with E-state index in [9.17, 15) is 26.4 Å². The van der Waals surface area contributed by atoms with E-state index < -0.39 is 55.6 Å². The molecular formula is C27H32N2O8S2. The van der Waals surface area contributed by atoms with Crippen molar-refractivity contribution in [2.75, 3.05) is 13.4 Å². The van der Waals surface area contributed by atoms with Crippen molar-refractivity contribution in [1.82, 2.24) is 8.28 Å². The molecule has 0 N–H and O–H groups in total. The van der Waals surface area contributed by atoms with E-state index in [-0.39, 0.29) is 16.9 Å². The van der Waals surface area contributed by atoms with Gasteiger partial charge >= 0.3 is 11.9 Å². The van der Waals surface area contributed by atoms with Gasteiger partial charge in [-0.1, -0.05) is 35.9 Å². The zero-order valence-corrected chi connectivity index (χ0v) is 24.2. The Balaban J connectivity index is 2.03. The molecule has 10 nitrogen and oxygen atoms in total. The summed E-state index contributed by atoms with van der Waals surface area (Å²) in [7, 11) is -7.03. The van der Waals surface area contributed by atoms with Crippen LogP contribution in [0.3, 0.4) is 0 Å². The number of benzene rings is 2. The number of aromatic nitrogens is 1. The van der Waals surface area contributed by atoms with Crippen molar-refractivity contribution < 1.29 is 35.9 Å². The SMILES string of the molecule is COC(=O)[C@H]1C[C@@H](C(=O)OC(C)(C)C)N(S(=O)(=O)c2ccc(C)cc2)[C@H]1c1cn(S(C)(=O)=O)c2ccccc12. The van der Waals surface area contributed by atoms with E-state index in [1.165, 1.54) is 25.4 Å². The predicted molar refractivity (Wildman–Crippen MR) is 145 cm³/mol. The third-order valence-corrected chi connectivity index (χ3v) is 9.52. The molecule has 0 aliphatic carbocycles. The summed E-state index contributed by atoms with van der Waals surface area (Å²) in [6, 6.07) is 10.1. The average molecular weight is 577 g/mol. The molecule has 39 heavy (non-hydrogen) atoms. The highest BCUT2D eigenvalue weighted by molar-refractivity contribution is 7.89. The van der Waals surface area contributed by atoms with Gasteiger partial charge in [0.15, 0.2) is 0 Å². The number of aryl methyl sites for hydroxylation is 1. The largest absolute Gasteiger partial charge is 0.469 e. The second-order valence-electron chi connectivity index (χ2n) is 10.7. The Bertz CT molecular complexity index is 1630. The van der Waals surface area contributed by atoms with Gasteiger partial charge in [0, 0.05) is 11.6 Å². The van der Waals surface area contributed by atoms with Gasteiger partial charge in [-0.15, -0.1) is 0 Å². The van der Waals surface area contributed by atoms with E-state index in [1.54, 1.807) is 57.2 Å². The number of carbonyl (C=O) groups is 2. The van der Waals surface area contributed by atoms with Crippen LogP contribution in [0.2, 0.25) is 0 Å². The van der Waals surface area contributed by atoms with Crippen molar-refractivity contribution in [3.63, 3.8) is 0 Å². The molecule has 210 valence electrons. The minimum absolute atomic E-state index is 0.0796. The number of fused-ring (bicyclic) bond motifs is 1. The molecule has 3 aromatic rings. The highest BCUT2D eigenvalue weighted by Gasteiger charge is 2.56. The fourth-order valence-electron chi connectivity index (χ4n) is 4.98. The number of nitrogens with zero attached hydrogens (tertiary/aromatic N) is 2. The maximum Gasteiger partial charge on any atom is 0.325 e. The Morgan fingerprint density at radius 3 is 2.13 bits per heavy atom. The first-order valence-corrected chi connectivity index (χ1v) is 15.6. The molecule has 1 fully saturated rings. The number of rotatable bonds is 6.